The summed E-state index contributed by atoms with van der Waals surface area (Å²) in [6.45, 7) is 40.5. The van der Waals surface area contributed by atoms with Crippen LogP contribution in [0.1, 0.15) is 5.56 Å². The fraction of sp³-hybridized carbons (Fsp3) is 0. The van der Waals surface area contributed by atoms with E-state index in [9.17, 15) is 0 Å². The summed E-state index contributed by atoms with van der Waals surface area (Å²) < 4.78 is 67.5. The van der Waals surface area contributed by atoms with E-state index in [-0.39, 0.29) is 58.4 Å². The molecule has 1 aromatic carbocycles. The molecule has 1 aromatic rings. The van der Waals surface area contributed by atoms with Crippen molar-refractivity contribution in [1.82, 2.24) is 0 Å². The van der Waals surface area contributed by atoms with Crippen molar-refractivity contribution in [2.24, 2.45) is 0 Å². The van der Waals surface area contributed by atoms with Gasteiger partial charge >= 0.3 is 121 Å². The quantitative estimate of drug-likeness (QED) is 0.168. The van der Waals surface area contributed by atoms with Gasteiger partial charge in [-0.3, -0.25) is 0 Å². The summed E-state index contributed by atoms with van der Waals surface area (Å²) in [6, 6.07) is 9.60. The smallest absolute Gasteiger partial charge is 0 e. The van der Waals surface area contributed by atoms with E-state index in [1.54, 1.807) is 0 Å². The Morgan fingerprint density at radius 3 is 0.759 bits per heavy atom. The Kier molecular flexibility index (Phi) is 877. The summed E-state index contributed by atoms with van der Waals surface area (Å²) in [5.41, 5.74) is 0.938. The van der Waals surface area contributed by atoms with Crippen LogP contribution < -0.4 is 0 Å². The van der Waals surface area contributed by atoms with Crippen LogP contribution in [0.4, 0.5) is 0 Å². The van der Waals surface area contributed by atoms with Gasteiger partial charge in [0.2, 0.25) is 0 Å². The van der Waals surface area contributed by atoms with Crippen molar-refractivity contribution in [3.8, 4) is 12.3 Å². The normalized spacial score (nSPS) is 2.79. The molecule has 0 radical (unpaired) electrons. The monoisotopic (exact) mass is 661 g/mol. The fourth-order valence-electron chi connectivity index (χ4n) is 0.534. The molecule has 0 saturated heterocycles. The minimum absolute atomic E-state index is 0. The van der Waals surface area contributed by atoms with Gasteiger partial charge < -0.3 is 0 Å². The molecule has 0 aliphatic rings. The number of rotatable bonds is 0. The van der Waals surface area contributed by atoms with Crippen LogP contribution in [-0.2, 0) is 100 Å². The Morgan fingerprint density at radius 1 is 0.483 bits per heavy atom. The molecule has 0 heterocycles. The van der Waals surface area contributed by atoms with Crippen molar-refractivity contribution in [2.75, 3.05) is 0 Å². The summed E-state index contributed by atoms with van der Waals surface area (Å²) >= 11 is 0. The van der Waals surface area contributed by atoms with E-state index in [2.05, 4.69) is 65.8 Å². The first-order chi connectivity index (χ1) is 12.9. The predicted octanol–water partition coefficient (Wildman–Crippen LogP) is 1.06. The van der Waals surface area contributed by atoms with Gasteiger partial charge in [0.25, 0.3) is 0 Å². The first-order valence-corrected chi connectivity index (χ1v) is 4.29. The van der Waals surface area contributed by atoms with Crippen LogP contribution in [0.15, 0.2) is 30.3 Å². The van der Waals surface area contributed by atoms with Gasteiger partial charge in [-0.25, -0.2) is 0 Å². The summed E-state index contributed by atoms with van der Waals surface area (Å²) in [7, 11) is 0. The molecule has 0 N–H and O–H groups in total. The summed E-state index contributed by atoms with van der Waals surface area (Å²) in [4.78, 5) is 0. The molecular weight excluding hydrogens is 651 g/mol. The van der Waals surface area contributed by atoms with Crippen LogP contribution in [0, 0.1) is 72.2 Å². The van der Waals surface area contributed by atoms with E-state index in [1.165, 1.54) is 0 Å². The summed E-state index contributed by atoms with van der Waals surface area (Å²) in [5, 5.41) is 0. The minimum Gasteiger partial charge on any atom is 0 e. The first kappa shape index (κ1) is 80.7. The maximum atomic E-state index is 7.50. The van der Waals surface area contributed by atoms with Crippen molar-refractivity contribution in [1.29, 1.82) is 0 Å². The molecule has 0 aromatic heterocycles. The van der Waals surface area contributed by atoms with Gasteiger partial charge in [0.15, 0.2) is 0 Å². The van der Waals surface area contributed by atoms with Crippen LogP contribution >= 0.6 is 0 Å². The molecule has 29 heavy (non-hydrogen) atoms. The van der Waals surface area contributed by atoms with E-state index < -0.39 is 0 Å². The van der Waals surface area contributed by atoms with Crippen molar-refractivity contribution >= 4 is 0 Å². The van der Waals surface area contributed by atoms with Gasteiger partial charge in [0, 0.05) is 44.5 Å². The molecule has 0 amide bonds. The van der Waals surface area contributed by atoms with E-state index in [0.29, 0.717) is 0 Å². The first-order valence-electron chi connectivity index (χ1n) is 4.29. The Balaban J connectivity index is -0.0000000121. The van der Waals surface area contributed by atoms with Gasteiger partial charge in [-0.1, -0.05) is 24.1 Å². The van der Waals surface area contributed by atoms with Gasteiger partial charge in [0.1, 0.15) is 0 Å². The SMILES string of the molecule is C#Cc1ccccc1.[C-]#[O+].[C-]#[O+].[C-]#[O+].[C-]#[O+].[C-]#[O+].[C-]#[O+].[C-]#[O+].[C-]#[O+].[C-]#[O+].[RuH].[Ru].[Ru]. The summed E-state index contributed by atoms with van der Waals surface area (Å²) in [6.07, 6.45) is 5.10. The van der Waals surface area contributed by atoms with Crippen LogP contribution in [0.5, 0.6) is 0 Å². The molecule has 1 rings (SSSR count). The topological polar surface area (TPSA) is 179 Å². The zero-order valence-corrected chi connectivity index (χ0v) is 19.1. The van der Waals surface area contributed by atoms with Crippen molar-refractivity contribution in [2.45, 2.75) is 0 Å². The third-order valence-corrected chi connectivity index (χ3v) is 0.940. The standard InChI is InChI=1S/C8H6.9CO.3Ru.H/c1-2-8-6-4-3-5-7-8;9*1-2;;;;/h1,3-7H;;;;;;;;;;;;;. The average molecular weight is 658 g/mol. The molecule has 12 heteroatoms. The molecular formula is C17H7O9Ru3. The Morgan fingerprint density at radius 2 is 0.655 bits per heavy atom. The van der Waals surface area contributed by atoms with E-state index >= 15 is 0 Å². The maximum Gasteiger partial charge on any atom is 0 e. The van der Waals surface area contributed by atoms with Crippen LogP contribution in [0.3, 0.4) is 0 Å². The van der Waals surface area contributed by atoms with Gasteiger partial charge in [-0.2, -0.15) is 0 Å². The molecule has 9 nitrogen and oxygen atoms in total. The largest absolute Gasteiger partial charge is 0 e. The van der Waals surface area contributed by atoms with Gasteiger partial charge in [-0.15, -0.1) is 6.42 Å². The number of hydrogen-bond donors (Lipinski definition) is 0. The molecule has 0 aliphatic carbocycles. The Bertz CT molecular complexity index is 461. The molecule has 0 unspecified atom stereocenters. The maximum absolute atomic E-state index is 7.50. The number of benzene rings is 1. The molecule has 0 atom stereocenters. The van der Waals surface area contributed by atoms with Crippen LogP contribution in [0.2, 0.25) is 0 Å². The van der Waals surface area contributed by atoms with E-state index in [0.717, 1.165) is 5.56 Å². The fourth-order valence-corrected chi connectivity index (χ4v) is 0.534. The van der Waals surface area contributed by atoms with Crippen molar-refractivity contribution in [3.63, 3.8) is 0 Å². The minimum atomic E-state index is 0. The van der Waals surface area contributed by atoms with Crippen molar-refractivity contribution < 1.29 is 100 Å². The van der Waals surface area contributed by atoms with E-state index in [1.807, 2.05) is 30.3 Å². The van der Waals surface area contributed by atoms with Crippen molar-refractivity contribution in [3.05, 3.63) is 95.7 Å². The average Bonchev–Trinajstić information content (AvgIpc) is 2.86. The molecule has 0 fully saturated rings. The Hall–Kier alpha value is -1.69. The Labute approximate surface area is 207 Å². The predicted molar refractivity (Wildman–Crippen MR) is 71.1 cm³/mol. The number of hydrogen-bond acceptors (Lipinski definition) is 0. The molecule has 0 bridgehead atoms. The molecule has 153 valence electrons. The van der Waals surface area contributed by atoms with E-state index in [4.69, 9.17) is 48.3 Å². The van der Waals surface area contributed by atoms with Crippen LogP contribution in [0.25, 0.3) is 0 Å². The zero-order valence-electron chi connectivity index (χ0n) is 13.7. The van der Waals surface area contributed by atoms with Gasteiger partial charge in [-0.05, 0) is 12.1 Å². The zero-order chi connectivity index (χ0) is 23.8. The second-order valence-corrected chi connectivity index (χ2v) is 1.51. The van der Waals surface area contributed by atoms with Gasteiger partial charge in [0.05, 0.1) is 0 Å². The second-order valence-electron chi connectivity index (χ2n) is 1.51. The molecule has 0 saturated carbocycles. The third kappa shape index (κ3) is 225. The van der Waals surface area contributed by atoms with Crippen LogP contribution in [-0.4, -0.2) is 0 Å². The molecule has 0 spiro atoms. The molecule has 0 aliphatic heterocycles. The summed E-state index contributed by atoms with van der Waals surface area (Å²) in [5.74, 6) is 2.53. The second kappa shape index (κ2) is 315. The third-order valence-electron chi connectivity index (χ3n) is 0.940. The number of terminal acetylenes is 1.